The first-order chi connectivity index (χ1) is 10.9. The second-order valence-corrected chi connectivity index (χ2v) is 5.74. The molecule has 0 unspecified atom stereocenters. The Bertz CT molecular complexity index is 606. The van der Waals surface area contributed by atoms with Gasteiger partial charge in [-0.15, -0.1) is 5.06 Å². The van der Waals surface area contributed by atoms with Gasteiger partial charge in [0, 0.05) is 6.42 Å². The van der Waals surface area contributed by atoms with Gasteiger partial charge in [0.1, 0.15) is 5.76 Å². The van der Waals surface area contributed by atoms with Crippen LogP contribution in [0.5, 0.6) is 0 Å². The Morgan fingerprint density at radius 2 is 1.64 bits per heavy atom. The van der Waals surface area contributed by atoms with Gasteiger partial charge in [0.05, 0.1) is 12.6 Å². The van der Waals surface area contributed by atoms with Crippen molar-refractivity contribution in [1.29, 1.82) is 0 Å². The fourth-order valence-corrected chi connectivity index (χ4v) is 2.78. The van der Waals surface area contributed by atoms with E-state index in [-0.39, 0.29) is 6.04 Å². The van der Waals surface area contributed by atoms with Crippen LogP contribution in [-0.2, 0) is 11.4 Å². The number of benzene rings is 2. The van der Waals surface area contributed by atoms with Crippen molar-refractivity contribution in [1.82, 2.24) is 5.06 Å². The van der Waals surface area contributed by atoms with Crippen molar-refractivity contribution in [3.05, 3.63) is 83.6 Å². The molecule has 0 radical (unpaired) electrons. The molecule has 2 heteroatoms. The topological polar surface area (TPSA) is 12.5 Å². The van der Waals surface area contributed by atoms with E-state index in [0.717, 1.165) is 18.7 Å². The van der Waals surface area contributed by atoms with Crippen LogP contribution in [0.1, 0.15) is 43.4 Å². The van der Waals surface area contributed by atoms with E-state index in [9.17, 15) is 0 Å². The standard InChI is InChI=1S/C20H23NO/c1-2-3-14-19-15-20(18-12-8-5-9-13-18)21(22-19)16-17-10-6-4-7-11-17/h4-13,15,20H,2-3,14,16H2,1H3/t20-/m0/s1. The summed E-state index contributed by atoms with van der Waals surface area (Å²) in [7, 11) is 0. The minimum absolute atomic E-state index is 0.202. The summed E-state index contributed by atoms with van der Waals surface area (Å²) in [5, 5.41) is 2.09. The Kier molecular flexibility index (Phi) is 4.92. The third-order valence-electron chi connectivity index (χ3n) is 3.99. The predicted molar refractivity (Wildman–Crippen MR) is 89.9 cm³/mol. The maximum Gasteiger partial charge on any atom is 0.122 e. The van der Waals surface area contributed by atoms with Crippen LogP contribution in [0.25, 0.3) is 0 Å². The molecule has 1 aliphatic rings. The average molecular weight is 293 g/mol. The van der Waals surface area contributed by atoms with Gasteiger partial charge in [-0.25, -0.2) is 0 Å². The highest BCUT2D eigenvalue weighted by Crippen LogP contribution is 2.34. The minimum Gasteiger partial charge on any atom is -0.409 e. The number of nitrogens with zero attached hydrogens (tertiary/aromatic N) is 1. The van der Waals surface area contributed by atoms with Crippen LogP contribution in [0.4, 0.5) is 0 Å². The van der Waals surface area contributed by atoms with Gasteiger partial charge in [0.25, 0.3) is 0 Å². The Morgan fingerprint density at radius 1 is 0.955 bits per heavy atom. The van der Waals surface area contributed by atoms with Gasteiger partial charge < -0.3 is 4.84 Å². The highest BCUT2D eigenvalue weighted by molar-refractivity contribution is 5.26. The Balaban J connectivity index is 1.79. The normalized spacial score (nSPS) is 18.0. The van der Waals surface area contributed by atoms with Gasteiger partial charge in [0.15, 0.2) is 0 Å². The lowest BCUT2D eigenvalue weighted by Gasteiger charge is -2.23. The zero-order chi connectivity index (χ0) is 15.2. The van der Waals surface area contributed by atoms with Crippen LogP contribution in [-0.4, -0.2) is 5.06 Å². The zero-order valence-corrected chi connectivity index (χ0v) is 13.1. The van der Waals surface area contributed by atoms with Crippen molar-refractivity contribution in [2.75, 3.05) is 0 Å². The molecule has 22 heavy (non-hydrogen) atoms. The molecule has 114 valence electrons. The minimum atomic E-state index is 0.202. The van der Waals surface area contributed by atoms with E-state index >= 15 is 0 Å². The van der Waals surface area contributed by atoms with Crippen LogP contribution >= 0.6 is 0 Å². The van der Waals surface area contributed by atoms with Crippen LogP contribution in [0, 0.1) is 0 Å². The van der Waals surface area contributed by atoms with Crippen molar-refractivity contribution in [3.8, 4) is 0 Å². The zero-order valence-electron chi connectivity index (χ0n) is 13.1. The smallest absolute Gasteiger partial charge is 0.122 e. The number of hydrogen-bond donors (Lipinski definition) is 0. The molecule has 0 aromatic heterocycles. The highest BCUT2D eigenvalue weighted by atomic mass is 16.7. The molecular weight excluding hydrogens is 270 g/mol. The number of allylic oxidation sites excluding steroid dienone is 1. The van der Waals surface area contributed by atoms with E-state index in [4.69, 9.17) is 4.84 Å². The molecule has 2 aromatic carbocycles. The van der Waals surface area contributed by atoms with Crippen LogP contribution in [0.2, 0.25) is 0 Å². The van der Waals surface area contributed by atoms with Gasteiger partial charge in [-0.2, -0.15) is 0 Å². The van der Waals surface area contributed by atoms with Gasteiger partial charge in [-0.1, -0.05) is 74.0 Å². The summed E-state index contributed by atoms with van der Waals surface area (Å²) in [6.45, 7) is 3.01. The van der Waals surface area contributed by atoms with Crippen molar-refractivity contribution >= 4 is 0 Å². The van der Waals surface area contributed by atoms with Crippen molar-refractivity contribution in [2.24, 2.45) is 0 Å². The van der Waals surface area contributed by atoms with Gasteiger partial charge in [-0.3, -0.25) is 0 Å². The molecule has 0 aliphatic carbocycles. The van der Waals surface area contributed by atoms with E-state index in [1.54, 1.807) is 0 Å². The van der Waals surface area contributed by atoms with Gasteiger partial charge >= 0.3 is 0 Å². The lowest BCUT2D eigenvalue weighted by molar-refractivity contribution is -0.129. The van der Waals surface area contributed by atoms with Gasteiger partial charge in [-0.05, 0) is 23.6 Å². The number of hydroxylamine groups is 2. The van der Waals surface area contributed by atoms with E-state index in [1.807, 2.05) is 6.07 Å². The molecule has 2 aromatic rings. The Morgan fingerprint density at radius 3 is 2.32 bits per heavy atom. The summed E-state index contributed by atoms with van der Waals surface area (Å²) in [6, 6.07) is 21.3. The average Bonchev–Trinajstić information content (AvgIpc) is 2.97. The summed E-state index contributed by atoms with van der Waals surface area (Å²) in [4.78, 5) is 6.13. The fourth-order valence-electron chi connectivity index (χ4n) is 2.78. The predicted octanol–water partition coefficient (Wildman–Crippen LogP) is 5.25. The van der Waals surface area contributed by atoms with Crippen molar-refractivity contribution in [2.45, 2.75) is 38.8 Å². The molecule has 1 atom stereocenters. The van der Waals surface area contributed by atoms with Crippen LogP contribution < -0.4 is 0 Å². The summed E-state index contributed by atoms with van der Waals surface area (Å²) >= 11 is 0. The SMILES string of the molecule is CCCCC1=C[C@@H](c2ccccc2)N(Cc2ccccc2)O1. The number of hydrogen-bond acceptors (Lipinski definition) is 2. The molecule has 3 rings (SSSR count). The molecule has 2 nitrogen and oxygen atoms in total. The summed E-state index contributed by atoms with van der Waals surface area (Å²) < 4.78 is 0. The van der Waals surface area contributed by atoms with Crippen LogP contribution in [0.3, 0.4) is 0 Å². The monoisotopic (exact) mass is 293 g/mol. The maximum absolute atomic E-state index is 6.13. The van der Waals surface area contributed by atoms with E-state index in [0.29, 0.717) is 0 Å². The molecule has 0 saturated carbocycles. The largest absolute Gasteiger partial charge is 0.409 e. The third-order valence-corrected chi connectivity index (χ3v) is 3.99. The highest BCUT2D eigenvalue weighted by Gasteiger charge is 2.27. The molecule has 0 fully saturated rings. The van der Waals surface area contributed by atoms with E-state index in [1.165, 1.54) is 24.0 Å². The number of unbranched alkanes of at least 4 members (excludes halogenated alkanes) is 1. The summed E-state index contributed by atoms with van der Waals surface area (Å²) in [5.74, 6) is 1.10. The molecule has 0 saturated heterocycles. The summed E-state index contributed by atoms with van der Waals surface area (Å²) in [5.41, 5.74) is 2.55. The third kappa shape index (κ3) is 3.58. The van der Waals surface area contributed by atoms with E-state index in [2.05, 4.69) is 72.7 Å². The lowest BCUT2D eigenvalue weighted by Crippen LogP contribution is -2.22. The first-order valence-electron chi connectivity index (χ1n) is 8.11. The lowest BCUT2D eigenvalue weighted by atomic mass is 10.0. The van der Waals surface area contributed by atoms with Crippen LogP contribution in [0.15, 0.2) is 72.5 Å². The first kappa shape index (κ1) is 14.9. The number of rotatable bonds is 6. The quantitative estimate of drug-likeness (QED) is 0.721. The van der Waals surface area contributed by atoms with Crippen molar-refractivity contribution < 1.29 is 4.84 Å². The fraction of sp³-hybridized carbons (Fsp3) is 0.300. The van der Waals surface area contributed by atoms with Crippen molar-refractivity contribution in [3.63, 3.8) is 0 Å². The summed E-state index contributed by atoms with van der Waals surface area (Å²) in [6.07, 6.45) is 5.65. The second-order valence-electron chi connectivity index (χ2n) is 5.74. The van der Waals surface area contributed by atoms with Gasteiger partial charge in [0.2, 0.25) is 0 Å². The molecular formula is C20H23NO. The Labute approximate surface area is 133 Å². The molecule has 0 N–H and O–H groups in total. The maximum atomic E-state index is 6.13. The second kappa shape index (κ2) is 7.28. The first-order valence-corrected chi connectivity index (χ1v) is 8.11. The molecule has 1 aliphatic heterocycles. The molecule has 1 heterocycles. The molecule has 0 spiro atoms. The van der Waals surface area contributed by atoms with E-state index < -0.39 is 0 Å². The Hall–Kier alpha value is -2.06. The molecule has 0 bridgehead atoms. The molecule has 0 amide bonds.